The lowest BCUT2D eigenvalue weighted by Gasteiger charge is -2.35. The van der Waals surface area contributed by atoms with E-state index in [1.165, 1.54) is 15.4 Å². The van der Waals surface area contributed by atoms with Gasteiger partial charge in [-0.25, -0.2) is 18.2 Å². The predicted octanol–water partition coefficient (Wildman–Crippen LogP) is 1.67. The maximum absolute atomic E-state index is 13.7. The molecule has 3 fully saturated rings. The monoisotopic (exact) mass is 577 g/mol. The average molecular weight is 578 g/mol. The molecule has 2 aromatic rings. The highest BCUT2D eigenvalue weighted by molar-refractivity contribution is 8.26. The summed E-state index contributed by atoms with van der Waals surface area (Å²) in [6.45, 7) is 5.55. The minimum Gasteiger partial charge on any atom is -0.450 e. The van der Waals surface area contributed by atoms with Crippen molar-refractivity contribution >= 4 is 67.7 Å². The molecular weight excluding hydrogens is 550 g/mol. The topological polar surface area (TPSA) is 122 Å². The van der Waals surface area contributed by atoms with Crippen molar-refractivity contribution in [3.8, 4) is 0 Å². The fourth-order valence-electron chi connectivity index (χ4n) is 4.89. The third kappa shape index (κ3) is 4.92. The van der Waals surface area contributed by atoms with E-state index in [1.807, 2.05) is 17.9 Å². The number of carbonyl (C=O) groups is 2. The molecule has 202 valence electrons. The van der Waals surface area contributed by atoms with Crippen LogP contribution in [0.15, 0.2) is 28.0 Å². The number of thiocarbonyl (C=S) groups is 1. The van der Waals surface area contributed by atoms with Crippen LogP contribution in [0.1, 0.15) is 24.5 Å². The molecule has 2 aromatic heterocycles. The number of piperazine rings is 1. The van der Waals surface area contributed by atoms with Gasteiger partial charge in [0, 0.05) is 32.4 Å². The van der Waals surface area contributed by atoms with Crippen molar-refractivity contribution in [2.75, 3.05) is 49.2 Å². The summed E-state index contributed by atoms with van der Waals surface area (Å²) in [6.07, 6.45) is 3.09. The fraction of sp³-hybridized carbons (Fsp3) is 0.458. The lowest BCUT2D eigenvalue weighted by Crippen LogP contribution is -2.49. The molecule has 5 rings (SSSR count). The highest BCUT2D eigenvalue weighted by Gasteiger charge is 2.42. The van der Waals surface area contributed by atoms with E-state index in [0.717, 1.165) is 17.3 Å². The van der Waals surface area contributed by atoms with Crippen LogP contribution in [-0.2, 0) is 19.4 Å². The zero-order valence-corrected chi connectivity index (χ0v) is 23.4. The smallest absolute Gasteiger partial charge is 0.409 e. The molecule has 1 atom stereocenters. The normalized spacial score (nSPS) is 22.6. The van der Waals surface area contributed by atoms with Crippen molar-refractivity contribution in [3.05, 3.63) is 44.7 Å². The Labute approximate surface area is 229 Å². The van der Waals surface area contributed by atoms with Crippen LogP contribution < -0.4 is 10.5 Å². The molecule has 0 N–H and O–H groups in total. The van der Waals surface area contributed by atoms with E-state index in [-0.39, 0.29) is 44.6 Å². The summed E-state index contributed by atoms with van der Waals surface area (Å²) in [5, 5.41) is 0. The average Bonchev–Trinajstić information content (AvgIpc) is 3.38. The number of ether oxygens (including phenoxy) is 1. The van der Waals surface area contributed by atoms with Gasteiger partial charge < -0.3 is 14.5 Å². The summed E-state index contributed by atoms with van der Waals surface area (Å²) in [7, 11) is -3.22. The number of hydrogen-bond acceptors (Lipinski definition) is 10. The van der Waals surface area contributed by atoms with Gasteiger partial charge in [0.15, 0.2) is 9.84 Å². The SMILES string of the molecule is CCOC(=O)N1CCN(c2nc3c(C)cccn3c(=O)c2C=C2SC(=S)N(C3CCS(=O)(=O)C3)C2=O)CC1. The van der Waals surface area contributed by atoms with Crippen LogP contribution in [-0.4, -0.2) is 94.3 Å². The number of carbonyl (C=O) groups excluding carboxylic acids is 2. The van der Waals surface area contributed by atoms with Crippen molar-refractivity contribution in [2.45, 2.75) is 26.3 Å². The number of aromatic nitrogens is 2. The van der Waals surface area contributed by atoms with Crippen molar-refractivity contribution < 1.29 is 22.7 Å². The quantitative estimate of drug-likeness (QED) is 0.392. The number of anilines is 1. The second-order valence-corrected chi connectivity index (χ2v) is 13.2. The Hall–Kier alpha value is -2.97. The van der Waals surface area contributed by atoms with Gasteiger partial charge in [0.2, 0.25) is 0 Å². The molecule has 3 saturated heterocycles. The van der Waals surface area contributed by atoms with E-state index >= 15 is 0 Å². The number of sulfone groups is 1. The van der Waals surface area contributed by atoms with E-state index in [2.05, 4.69) is 0 Å². The summed E-state index contributed by atoms with van der Waals surface area (Å²) in [5.74, 6) is -0.0943. The number of amides is 2. The molecule has 3 aliphatic heterocycles. The second kappa shape index (κ2) is 10.3. The van der Waals surface area contributed by atoms with Gasteiger partial charge in [0.1, 0.15) is 15.8 Å². The Morgan fingerprint density at radius 1 is 1.26 bits per heavy atom. The molecule has 0 saturated carbocycles. The summed E-state index contributed by atoms with van der Waals surface area (Å²) in [6, 6.07) is 3.12. The third-order valence-corrected chi connectivity index (χ3v) is 9.92. The standard InChI is InChI=1S/C24H27N5O6S3/c1-3-35-23(32)27-10-8-26(9-11-27)20-17(21(30)28-7-4-5-15(2)19(28)25-20)13-18-22(31)29(24(36)37-18)16-6-12-38(33,34)14-16/h4-5,7,13,16H,3,6,8-12,14H2,1-2H3. The first-order valence-electron chi connectivity index (χ1n) is 12.3. The summed E-state index contributed by atoms with van der Waals surface area (Å²) < 4.78 is 30.9. The number of pyridine rings is 1. The summed E-state index contributed by atoms with van der Waals surface area (Å²) >= 11 is 6.50. The molecule has 3 aliphatic rings. The van der Waals surface area contributed by atoms with Gasteiger partial charge >= 0.3 is 6.09 Å². The van der Waals surface area contributed by atoms with Crippen molar-refractivity contribution in [3.63, 3.8) is 0 Å². The third-order valence-electron chi connectivity index (χ3n) is 6.84. The minimum atomic E-state index is -3.22. The first-order valence-corrected chi connectivity index (χ1v) is 15.3. The summed E-state index contributed by atoms with van der Waals surface area (Å²) in [5.41, 5.74) is 1.21. The highest BCUT2D eigenvalue weighted by atomic mass is 32.2. The Morgan fingerprint density at radius 3 is 2.66 bits per heavy atom. The Morgan fingerprint density at radius 2 is 2.00 bits per heavy atom. The molecule has 0 aliphatic carbocycles. The van der Waals surface area contributed by atoms with Gasteiger partial charge in [-0.3, -0.25) is 18.9 Å². The molecule has 0 bridgehead atoms. The van der Waals surface area contributed by atoms with Crippen molar-refractivity contribution in [1.29, 1.82) is 0 Å². The molecular formula is C24H27N5O6S3. The number of rotatable bonds is 4. The van der Waals surface area contributed by atoms with Crippen molar-refractivity contribution in [2.24, 2.45) is 0 Å². The zero-order chi connectivity index (χ0) is 27.2. The van der Waals surface area contributed by atoms with Crippen LogP contribution in [0, 0.1) is 6.92 Å². The predicted molar refractivity (Wildman–Crippen MR) is 149 cm³/mol. The first-order chi connectivity index (χ1) is 18.1. The lowest BCUT2D eigenvalue weighted by molar-refractivity contribution is -0.123. The fourth-order valence-corrected chi connectivity index (χ4v) is 7.97. The highest BCUT2D eigenvalue weighted by Crippen LogP contribution is 2.37. The molecule has 0 aromatic carbocycles. The Balaban J connectivity index is 1.53. The number of hydrogen-bond donors (Lipinski definition) is 0. The lowest BCUT2D eigenvalue weighted by atomic mass is 10.2. The van der Waals surface area contributed by atoms with Gasteiger partial charge in [-0.2, -0.15) is 0 Å². The number of thioether (sulfide) groups is 1. The van der Waals surface area contributed by atoms with Crippen LogP contribution in [0.4, 0.5) is 10.6 Å². The molecule has 0 radical (unpaired) electrons. The van der Waals surface area contributed by atoms with Crippen LogP contribution in [0.5, 0.6) is 0 Å². The molecule has 5 heterocycles. The maximum Gasteiger partial charge on any atom is 0.409 e. The number of nitrogens with zero attached hydrogens (tertiary/aromatic N) is 5. The van der Waals surface area contributed by atoms with Crippen LogP contribution in [0.3, 0.4) is 0 Å². The van der Waals surface area contributed by atoms with E-state index in [4.69, 9.17) is 21.9 Å². The molecule has 2 amide bonds. The van der Waals surface area contributed by atoms with Gasteiger partial charge in [-0.05, 0) is 38.0 Å². The van der Waals surface area contributed by atoms with Gasteiger partial charge in [-0.1, -0.05) is 30.0 Å². The summed E-state index contributed by atoms with van der Waals surface area (Å²) in [4.78, 5) is 49.2. The largest absolute Gasteiger partial charge is 0.450 e. The van der Waals surface area contributed by atoms with Gasteiger partial charge in [0.25, 0.3) is 11.5 Å². The van der Waals surface area contributed by atoms with E-state index in [1.54, 1.807) is 24.1 Å². The second-order valence-electron chi connectivity index (χ2n) is 9.32. The van der Waals surface area contributed by atoms with Crippen LogP contribution in [0.25, 0.3) is 11.7 Å². The molecule has 0 spiro atoms. The Kier molecular flexibility index (Phi) is 7.22. The van der Waals surface area contributed by atoms with E-state index in [0.29, 0.717) is 44.1 Å². The number of aryl methyl sites for hydroxylation is 1. The minimum absolute atomic E-state index is 0.0188. The zero-order valence-electron chi connectivity index (χ0n) is 21.0. The maximum atomic E-state index is 13.7. The first kappa shape index (κ1) is 26.6. The van der Waals surface area contributed by atoms with Crippen LogP contribution in [0.2, 0.25) is 0 Å². The van der Waals surface area contributed by atoms with E-state index in [9.17, 15) is 22.8 Å². The molecule has 11 nitrogen and oxygen atoms in total. The van der Waals surface area contributed by atoms with Gasteiger partial charge in [0.05, 0.1) is 34.6 Å². The molecule has 14 heteroatoms. The Bertz CT molecular complexity index is 1530. The van der Waals surface area contributed by atoms with Gasteiger partial charge in [-0.15, -0.1) is 0 Å². The van der Waals surface area contributed by atoms with Crippen molar-refractivity contribution in [1.82, 2.24) is 19.2 Å². The molecule has 38 heavy (non-hydrogen) atoms. The number of fused-ring (bicyclic) bond motifs is 1. The van der Waals surface area contributed by atoms with Crippen LogP contribution >= 0.6 is 24.0 Å². The molecule has 1 unspecified atom stereocenters. The van der Waals surface area contributed by atoms with E-state index < -0.39 is 21.8 Å².